The predicted molar refractivity (Wildman–Crippen MR) is 135 cm³/mol. The monoisotopic (exact) mass is 499 g/mol. The van der Waals surface area contributed by atoms with Gasteiger partial charge in [0.25, 0.3) is 0 Å². The molecule has 0 radical (unpaired) electrons. The van der Waals surface area contributed by atoms with Gasteiger partial charge in [-0.1, -0.05) is 48.7 Å². The minimum absolute atomic E-state index is 0.0549. The zero-order chi connectivity index (χ0) is 24.3. The third-order valence-electron chi connectivity index (χ3n) is 6.02. The van der Waals surface area contributed by atoms with Gasteiger partial charge in [-0.3, -0.25) is 14.5 Å². The summed E-state index contributed by atoms with van der Waals surface area (Å²) in [7, 11) is -3.63. The Hall–Kier alpha value is -2.82. The van der Waals surface area contributed by atoms with Crippen LogP contribution < -0.4 is 5.32 Å². The molecule has 2 aromatic carbocycles. The molecule has 0 unspecified atom stereocenters. The lowest BCUT2D eigenvalue weighted by atomic mass is 10.1. The van der Waals surface area contributed by atoms with Crippen molar-refractivity contribution in [1.82, 2.24) is 19.1 Å². The van der Waals surface area contributed by atoms with E-state index in [9.17, 15) is 13.2 Å². The first kappa shape index (κ1) is 24.3. The van der Waals surface area contributed by atoms with E-state index in [0.717, 1.165) is 36.8 Å². The standard InChI is InChI=1S/C24H29N5O3S2/c1-17-7-10-19(11-8-17)23-26-27-24(33)29(23)16-22(30)25-20-12-9-18(2)21(15-20)34(31,32)28-13-5-3-4-6-14-28/h7-12,15H,3-6,13-14,16H2,1-2H3,(H,25,30)(H,27,33). The van der Waals surface area contributed by atoms with Gasteiger partial charge in [-0.05, 0) is 56.6 Å². The van der Waals surface area contributed by atoms with Crippen LogP contribution in [-0.2, 0) is 21.4 Å². The second-order valence-electron chi connectivity index (χ2n) is 8.65. The van der Waals surface area contributed by atoms with E-state index in [0.29, 0.717) is 34.9 Å². The molecule has 1 aliphatic heterocycles. The first-order chi connectivity index (χ1) is 16.3. The van der Waals surface area contributed by atoms with Crippen molar-refractivity contribution < 1.29 is 13.2 Å². The number of carbonyl (C=O) groups is 1. The molecule has 0 aliphatic carbocycles. The van der Waals surface area contributed by atoms with Crippen molar-refractivity contribution in [3.8, 4) is 11.4 Å². The van der Waals surface area contributed by atoms with Crippen molar-refractivity contribution >= 4 is 33.8 Å². The number of hydrogen-bond donors (Lipinski definition) is 2. The maximum absolute atomic E-state index is 13.3. The van der Waals surface area contributed by atoms with Crippen molar-refractivity contribution in [2.24, 2.45) is 0 Å². The number of anilines is 1. The second-order valence-corrected chi connectivity index (χ2v) is 10.9. The van der Waals surface area contributed by atoms with Crippen molar-refractivity contribution in [2.75, 3.05) is 18.4 Å². The fraction of sp³-hybridized carbons (Fsp3) is 0.375. The van der Waals surface area contributed by atoms with Crippen molar-refractivity contribution in [3.05, 3.63) is 58.4 Å². The van der Waals surface area contributed by atoms with Crippen LogP contribution in [0.25, 0.3) is 11.4 Å². The van der Waals surface area contributed by atoms with Crippen LogP contribution in [0.3, 0.4) is 0 Å². The Labute approximate surface area is 205 Å². The van der Waals surface area contributed by atoms with Crippen LogP contribution in [0.2, 0.25) is 0 Å². The van der Waals surface area contributed by atoms with Crippen LogP contribution in [0.1, 0.15) is 36.8 Å². The highest BCUT2D eigenvalue weighted by Crippen LogP contribution is 2.26. The van der Waals surface area contributed by atoms with Crippen LogP contribution in [0, 0.1) is 18.6 Å². The van der Waals surface area contributed by atoms with Gasteiger partial charge in [0.15, 0.2) is 10.6 Å². The molecular weight excluding hydrogens is 470 g/mol. The number of benzene rings is 2. The van der Waals surface area contributed by atoms with Crippen molar-refractivity contribution in [3.63, 3.8) is 0 Å². The van der Waals surface area contributed by atoms with E-state index in [1.165, 1.54) is 0 Å². The molecule has 0 bridgehead atoms. The zero-order valence-electron chi connectivity index (χ0n) is 19.4. The Morgan fingerprint density at radius 1 is 1.06 bits per heavy atom. The summed E-state index contributed by atoms with van der Waals surface area (Å²) in [6, 6.07) is 12.8. The molecule has 4 rings (SSSR count). The molecular formula is C24H29N5O3S2. The minimum atomic E-state index is -3.63. The van der Waals surface area contributed by atoms with Gasteiger partial charge in [0.2, 0.25) is 15.9 Å². The molecule has 0 spiro atoms. The number of nitrogens with zero attached hydrogens (tertiary/aromatic N) is 3. The number of amides is 1. The van der Waals surface area contributed by atoms with E-state index in [-0.39, 0.29) is 17.3 Å². The molecule has 3 aromatic rings. The Balaban J connectivity index is 1.54. The minimum Gasteiger partial charge on any atom is -0.324 e. The smallest absolute Gasteiger partial charge is 0.244 e. The fourth-order valence-electron chi connectivity index (χ4n) is 4.11. The van der Waals surface area contributed by atoms with Crippen LogP contribution in [0.15, 0.2) is 47.4 Å². The number of aromatic nitrogens is 3. The lowest BCUT2D eigenvalue weighted by molar-refractivity contribution is -0.116. The van der Waals surface area contributed by atoms with Gasteiger partial charge in [0.05, 0.1) is 4.90 Å². The molecule has 180 valence electrons. The Morgan fingerprint density at radius 2 is 1.74 bits per heavy atom. The lowest BCUT2D eigenvalue weighted by Crippen LogP contribution is -2.32. The fourth-order valence-corrected chi connectivity index (χ4v) is 6.07. The first-order valence-corrected chi connectivity index (χ1v) is 13.2. The van der Waals surface area contributed by atoms with Gasteiger partial charge in [-0.2, -0.15) is 9.40 Å². The summed E-state index contributed by atoms with van der Waals surface area (Å²) in [5.74, 6) is 0.237. The quantitative estimate of drug-likeness (QED) is 0.489. The second kappa shape index (κ2) is 10.2. The summed E-state index contributed by atoms with van der Waals surface area (Å²) in [6.45, 7) is 4.77. The van der Waals surface area contributed by atoms with Crippen LogP contribution in [0.5, 0.6) is 0 Å². The zero-order valence-corrected chi connectivity index (χ0v) is 21.0. The molecule has 2 heterocycles. The van der Waals surface area contributed by atoms with Gasteiger partial charge < -0.3 is 5.32 Å². The van der Waals surface area contributed by atoms with Gasteiger partial charge in [0, 0.05) is 24.3 Å². The molecule has 1 aliphatic rings. The number of sulfonamides is 1. The Bertz CT molecular complexity index is 1340. The van der Waals surface area contributed by atoms with E-state index in [4.69, 9.17) is 12.2 Å². The van der Waals surface area contributed by atoms with Gasteiger partial charge >= 0.3 is 0 Å². The number of aryl methyl sites for hydroxylation is 2. The SMILES string of the molecule is Cc1ccc(-c2n[nH]c(=S)n2CC(=O)Nc2ccc(C)c(S(=O)(=O)N3CCCCCC3)c2)cc1. The van der Waals surface area contributed by atoms with Crippen molar-refractivity contribution in [1.29, 1.82) is 0 Å². The van der Waals surface area contributed by atoms with Gasteiger partial charge in [-0.25, -0.2) is 8.42 Å². The number of nitrogens with one attached hydrogen (secondary N) is 2. The van der Waals surface area contributed by atoms with Crippen LogP contribution >= 0.6 is 12.2 Å². The summed E-state index contributed by atoms with van der Waals surface area (Å²) < 4.78 is 30.1. The molecule has 34 heavy (non-hydrogen) atoms. The Kier molecular flexibility index (Phi) is 7.30. The molecule has 1 aromatic heterocycles. The van der Waals surface area contributed by atoms with E-state index >= 15 is 0 Å². The highest BCUT2D eigenvalue weighted by molar-refractivity contribution is 7.89. The molecule has 2 N–H and O–H groups in total. The lowest BCUT2D eigenvalue weighted by Gasteiger charge is -2.21. The topological polar surface area (TPSA) is 100 Å². The average Bonchev–Trinajstić information content (AvgIpc) is 3.00. The van der Waals surface area contributed by atoms with E-state index in [2.05, 4.69) is 15.5 Å². The molecule has 10 heteroatoms. The van der Waals surface area contributed by atoms with Gasteiger partial charge in [-0.15, -0.1) is 0 Å². The molecule has 0 saturated carbocycles. The molecule has 1 fully saturated rings. The largest absolute Gasteiger partial charge is 0.324 e. The predicted octanol–water partition coefficient (Wildman–Crippen LogP) is 4.43. The maximum Gasteiger partial charge on any atom is 0.244 e. The number of carbonyl (C=O) groups excluding carboxylic acids is 1. The average molecular weight is 500 g/mol. The molecule has 0 atom stereocenters. The number of aromatic amines is 1. The summed E-state index contributed by atoms with van der Waals surface area (Å²) in [5.41, 5.74) is 3.04. The maximum atomic E-state index is 13.3. The number of H-pyrrole nitrogens is 1. The van der Waals surface area contributed by atoms with Crippen LogP contribution in [0.4, 0.5) is 5.69 Å². The van der Waals surface area contributed by atoms with Crippen LogP contribution in [-0.4, -0.2) is 46.5 Å². The first-order valence-electron chi connectivity index (χ1n) is 11.4. The molecule has 1 saturated heterocycles. The highest BCUT2D eigenvalue weighted by atomic mass is 32.2. The van der Waals surface area contributed by atoms with Gasteiger partial charge in [0.1, 0.15) is 6.54 Å². The summed E-state index contributed by atoms with van der Waals surface area (Å²) in [6.07, 6.45) is 3.82. The molecule has 1 amide bonds. The summed E-state index contributed by atoms with van der Waals surface area (Å²) in [5, 5.41) is 9.84. The molecule has 8 nitrogen and oxygen atoms in total. The van der Waals surface area contributed by atoms with E-state index < -0.39 is 10.0 Å². The number of hydrogen-bond acceptors (Lipinski definition) is 5. The normalized spacial score (nSPS) is 15.1. The van der Waals surface area contributed by atoms with E-state index in [1.54, 1.807) is 34.0 Å². The van der Waals surface area contributed by atoms with Crippen molar-refractivity contribution in [2.45, 2.75) is 51.0 Å². The third kappa shape index (κ3) is 5.29. The van der Waals surface area contributed by atoms with E-state index in [1.807, 2.05) is 31.2 Å². The summed E-state index contributed by atoms with van der Waals surface area (Å²) in [4.78, 5) is 13.1. The Morgan fingerprint density at radius 3 is 2.41 bits per heavy atom. The third-order valence-corrected chi connectivity index (χ3v) is 8.38. The number of rotatable bonds is 6. The highest BCUT2D eigenvalue weighted by Gasteiger charge is 2.27. The summed E-state index contributed by atoms with van der Waals surface area (Å²) >= 11 is 5.33.